The molecule has 0 unspecified atom stereocenters. The summed E-state index contributed by atoms with van der Waals surface area (Å²) >= 11 is 0. The highest BCUT2D eigenvalue weighted by Gasteiger charge is 2.06. The Labute approximate surface area is 304 Å². The molecule has 0 saturated carbocycles. The molecule has 0 saturated heterocycles. The van der Waals surface area contributed by atoms with Gasteiger partial charge in [-0.3, -0.25) is 0 Å². The molecule has 3 nitrogen and oxygen atoms in total. The summed E-state index contributed by atoms with van der Waals surface area (Å²) in [5, 5.41) is 0. The van der Waals surface area contributed by atoms with Crippen molar-refractivity contribution in [3.05, 3.63) is 84.7 Å². The van der Waals surface area contributed by atoms with Crippen LogP contribution in [0.4, 0.5) is 0 Å². The number of hydrogen-bond donors (Lipinski definition) is 0. The number of unbranched alkanes of at least 4 members (excludes halogenated alkanes) is 18. The molecular weight excluding hydrogens is 601 g/mol. The average molecular weight is 677 g/mol. The predicted molar refractivity (Wildman–Crippen MR) is 216 cm³/mol. The van der Waals surface area contributed by atoms with Crippen molar-refractivity contribution < 1.29 is 14.2 Å². The van der Waals surface area contributed by atoms with E-state index >= 15 is 0 Å². The zero-order valence-corrected chi connectivity index (χ0v) is 32.4. The summed E-state index contributed by atoms with van der Waals surface area (Å²) in [6.45, 7) is 10.0. The van der Waals surface area contributed by atoms with Crippen molar-refractivity contribution >= 4 is 0 Å². The highest BCUT2D eigenvalue weighted by molar-refractivity contribution is 5.39. The fourth-order valence-corrected chi connectivity index (χ4v) is 5.76. The third-order valence-electron chi connectivity index (χ3n) is 8.86. The lowest BCUT2D eigenvalue weighted by Crippen LogP contribution is -2.02. The van der Waals surface area contributed by atoms with Gasteiger partial charge in [0.1, 0.15) is 11.5 Å². The average Bonchev–Trinajstić information content (AvgIpc) is 3.10. The standard InChI is InChI=1S/C46H76O3/c1-5-7-9-11-13-15-17-19-21-23-25-27-29-31-33-35-37-48-45-40-44(39-43(3)47-4)41-46(42-45)49-38-36-34-32-30-28-26-24-22-20-18-16-14-12-10-8-6-2/h13-16,19-22,40-42H,3,5-12,17-18,23-39H2,1-2,4H3/b15-13-,16-14-,21-19-,22-20-. The first-order valence-electron chi connectivity index (χ1n) is 20.4. The van der Waals surface area contributed by atoms with E-state index in [9.17, 15) is 0 Å². The van der Waals surface area contributed by atoms with Crippen LogP contribution < -0.4 is 9.47 Å². The van der Waals surface area contributed by atoms with Crippen LogP contribution in [0.1, 0.15) is 174 Å². The summed E-state index contributed by atoms with van der Waals surface area (Å²) < 4.78 is 17.7. The van der Waals surface area contributed by atoms with Gasteiger partial charge in [-0.15, -0.1) is 0 Å². The molecular formula is C46H76O3. The third-order valence-corrected chi connectivity index (χ3v) is 8.86. The fourth-order valence-electron chi connectivity index (χ4n) is 5.76. The minimum Gasteiger partial charge on any atom is -0.501 e. The van der Waals surface area contributed by atoms with Crippen LogP contribution in [0.25, 0.3) is 0 Å². The second kappa shape index (κ2) is 35.2. The van der Waals surface area contributed by atoms with Gasteiger partial charge >= 0.3 is 0 Å². The van der Waals surface area contributed by atoms with Gasteiger partial charge in [-0.25, -0.2) is 0 Å². The van der Waals surface area contributed by atoms with Crippen molar-refractivity contribution in [3.8, 4) is 11.5 Å². The van der Waals surface area contributed by atoms with Crippen LogP contribution in [0.3, 0.4) is 0 Å². The van der Waals surface area contributed by atoms with Gasteiger partial charge < -0.3 is 14.2 Å². The Kier molecular flexibility index (Phi) is 31.8. The van der Waals surface area contributed by atoms with E-state index < -0.39 is 0 Å². The number of ether oxygens (including phenoxy) is 3. The predicted octanol–water partition coefficient (Wildman–Crippen LogP) is 14.8. The summed E-state index contributed by atoms with van der Waals surface area (Å²) in [5.41, 5.74) is 1.12. The number of allylic oxidation sites excluding steroid dienone is 9. The molecule has 0 amide bonds. The van der Waals surface area contributed by atoms with Crippen LogP contribution in [-0.2, 0) is 11.2 Å². The first kappa shape index (κ1) is 44.3. The maximum atomic E-state index is 6.19. The third kappa shape index (κ3) is 29.9. The lowest BCUT2D eigenvalue weighted by atomic mass is 10.1. The Morgan fingerprint density at radius 3 is 1.24 bits per heavy atom. The maximum absolute atomic E-state index is 6.19. The van der Waals surface area contributed by atoms with E-state index in [2.05, 4.69) is 81.2 Å². The van der Waals surface area contributed by atoms with E-state index in [1.54, 1.807) is 7.11 Å². The molecule has 0 fully saturated rings. The Balaban J connectivity index is 2.17. The van der Waals surface area contributed by atoms with Crippen molar-refractivity contribution in [3.63, 3.8) is 0 Å². The first-order chi connectivity index (χ1) is 24.2. The van der Waals surface area contributed by atoms with Crippen molar-refractivity contribution in [1.82, 2.24) is 0 Å². The smallest absolute Gasteiger partial charge is 0.123 e. The molecule has 278 valence electrons. The molecule has 0 heterocycles. The summed E-state index contributed by atoms with van der Waals surface area (Å²) in [7, 11) is 1.68. The fraction of sp³-hybridized carbons (Fsp3) is 0.652. The SMILES string of the molecule is C=C(Cc1cc(OCCCCCCCC/C=C\C/C=C\CCCCC)cc(OCCCCCCCC/C=C\C/C=C\CCCCC)c1)OC. The van der Waals surface area contributed by atoms with Crippen LogP contribution in [0.2, 0.25) is 0 Å². The van der Waals surface area contributed by atoms with Gasteiger partial charge in [-0.05, 0) is 94.7 Å². The van der Waals surface area contributed by atoms with E-state index in [0.717, 1.165) is 61.7 Å². The number of benzene rings is 1. The monoisotopic (exact) mass is 677 g/mol. The quantitative estimate of drug-likeness (QED) is 0.0407. The molecule has 1 aromatic rings. The Morgan fingerprint density at radius 1 is 0.490 bits per heavy atom. The summed E-state index contributed by atoms with van der Waals surface area (Å²) in [5.74, 6) is 2.52. The number of hydrogen-bond acceptors (Lipinski definition) is 3. The van der Waals surface area contributed by atoms with Gasteiger partial charge in [-0.1, -0.05) is 146 Å². The summed E-state index contributed by atoms with van der Waals surface area (Å²) in [6.07, 6.45) is 49.4. The number of rotatable bonds is 35. The van der Waals surface area contributed by atoms with Crippen molar-refractivity contribution in [2.75, 3.05) is 20.3 Å². The van der Waals surface area contributed by atoms with Gasteiger partial charge in [0.05, 0.1) is 26.1 Å². The maximum Gasteiger partial charge on any atom is 0.123 e. The molecule has 0 aliphatic carbocycles. The zero-order chi connectivity index (χ0) is 35.3. The lowest BCUT2D eigenvalue weighted by molar-refractivity contribution is 0.282. The molecule has 0 radical (unpaired) electrons. The lowest BCUT2D eigenvalue weighted by Gasteiger charge is -2.13. The molecule has 1 rings (SSSR count). The van der Waals surface area contributed by atoms with Gasteiger partial charge in [0.2, 0.25) is 0 Å². The van der Waals surface area contributed by atoms with Crippen LogP contribution in [0.5, 0.6) is 11.5 Å². The van der Waals surface area contributed by atoms with E-state index in [0.29, 0.717) is 6.42 Å². The van der Waals surface area contributed by atoms with Crippen molar-refractivity contribution in [1.29, 1.82) is 0 Å². The van der Waals surface area contributed by atoms with E-state index in [-0.39, 0.29) is 0 Å². The second-order valence-electron chi connectivity index (χ2n) is 13.6. The Bertz CT molecular complexity index is 933. The normalized spacial score (nSPS) is 11.9. The van der Waals surface area contributed by atoms with Crippen molar-refractivity contribution in [2.24, 2.45) is 0 Å². The topological polar surface area (TPSA) is 27.7 Å². The van der Waals surface area contributed by atoms with Gasteiger partial charge in [-0.2, -0.15) is 0 Å². The van der Waals surface area contributed by atoms with E-state index in [4.69, 9.17) is 14.2 Å². The minimum absolute atomic E-state index is 0.667. The molecule has 0 aliphatic rings. The van der Waals surface area contributed by atoms with Gasteiger partial charge in [0, 0.05) is 12.5 Å². The first-order valence-corrected chi connectivity index (χ1v) is 20.4. The van der Waals surface area contributed by atoms with Gasteiger partial charge in [0.25, 0.3) is 0 Å². The molecule has 1 aromatic carbocycles. The largest absolute Gasteiger partial charge is 0.501 e. The summed E-state index contributed by atoms with van der Waals surface area (Å²) in [6, 6.07) is 6.26. The molecule has 0 bridgehead atoms. The van der Waals surface area contributed by atoms with E-state index in [1.807, 2.05) is 6.07 Å². The van der Waals surface area contributed by atoms with Crippen LogP contribution in [0.15, 0.2) is 79.1 Å². The highest BCUT2D eigenvalue weighted by atomic mass is 16.5. The van der Waals surface area contributed by atoms with Crippen molar-refractivity contribution in [2.45, 2.75) is 174 Å². The van der Waals surface area contributed by atoms with Crippen LogP contribution in [0, 0.1) is 0 Å². The van der Waals surface area contributed by atoms with E-state index in [1.165, 1.54) is 128 Å². The summed E-state index contributed by atoms with van der Waals surface area (Å²) in [4.78, 5) is 0. The van der Waals surface area contributed by atoms with Gasteiger partial charge in [0.15, 0.2) is 0 Å². The molecule has 0 aromatic heterocycles. The molecule has 0 aliphatic heterocycles. The molecule has 49 heavy (non-hydrogen) atoms. The van der Waals surface area contributed by atoms with Crippen LogP contribution in [-0.4, -0.2) is 20.3 Å². The minimum atomic E-state index is 0.667. The molecule has 0 atom stereocenters. The molecule has 0 N–H and O–H groups in total. The number of methoxy groups -OCH3 is 1. The highest BCUT2D eigenvalue weighted by Crippen LogP contribution is 2.25. The Morgan fingerprint density at radius 2 is 0.857 bits per heavy atom. The second-order valence-corrected chi connectivity index (χ2v) is 13.6. The Hall–Kier alpha value is -2.68. The molecule has 0 spiro atoms. The van der Waals surface area contributed by atoms with Crippen LogP contribution >= 0.6 is 0 Å². The molecule has 3 heteroatoms. The zero-order valence-electron chi connectivity index (χ0n) is 32.4.